The summed E-state index contributed by atoms with van der Waals surface area (Å²) in [4.78, 5) is 8.60. The summed E-state index contributed by atoms with van der Waals surface area (Å²) in [6.45, 7) is 0. The van der Waals surface area contributed by atoms with E-state index in [-0.39, 0.29) is 5.54 Å². The fourth-order valence-electron chi connectivity index (χ4n) is 2.00. The van der Waals surface area contributed by atoms with Gasteiger partial charge in [-0.05, 0) is 25.7 Å². The first-order chi connectivity index (χ1) is 8.20. The Morgan fingerprint density at radius 1 is 1.47 bits per heavy atom. The normalized spacial score (nSPS) is 17.3. The Labute approximate surface area is 99.6 Å². The molecule has 2 N–H and O–H groups in total. The lowest BCUT2D eigenvalue weighted by Gasteiger charge is -2.05. The average molecular weight is 232 g/mol. The van der Waals surface area contributed by atoms with E-state index in [1.807, 2.05) is 10.6 Å². The second-order valence-electron chi connectivity index (χ2n) is 4.77. The van der Waals surface area contributed by atoms with Crippen LogP contribution in [-0.2, 0) is 6.42 Å². The molecule has 2 aromatic rings. The van der Waals surface area contributed by atoms with E-state index in [9.17, 15) is 0 Å². The average Bonchev–Trinajstić information content (AvgIpc) is 2.92. The van der Waals surface area contributed by atoms with E-state index in [1.54, 1.807) is 19.5 Å². The van der Waals surface area contributed by atoms with Crippen LogP contribution in [0.25, 0.3) is 5.65 Å². The van der Waals surface area contributed by atoms with Gasteiger partial charge in [0, 0.05) is 11.7 Å². The lowest BCUT2D eigenvalue weighted by molar-refractivity contribution is 0.390. The van der Waals surface area contributed by atoms with Gasteiger partial charge in [-0.2, -0.15) is 0 Å². The van der Waals surface area contributed by atoms with Crippen molar-refractivity contribution in [3.05, 3.63) is 24.3 Å². The van der Waals surface area contributed by atoms with E-state index in [1.165, 1.54) is 0 Å². The highest BCUT2D eigenvalue weighted by molar-refractivity contribution is 5.40. The fraction of sp³-hybridized carbons (Fsp3) is 0.500. The third-order valence-electron chi connectivity index (χ3n) is 3.38. The van der Waals surface area contributed by atoms with Crippen molar-refractivity contribution in [1.82, 2.24) is 14.4 Å². The highest BCUT2D eigenvalue weighted by Gasteiger charge is 2.37. The number of hydrogen-bond acceptors (Lipinski definition) is 4. The van der Waals surface area contributed by atoms with Gasteiger partial charge in [0.1, 0.15) is 0 Å². The number of ether oxygens (including phenoxy) is 1. The van der Waals surface area contributed by atoms with Crippen LogP contribution in [0.3, 0.4) is 0 Å². The second-order valence-corrected chi connectivity index (χ2v) is 4.77. The lowest BCUT2D eigenvalue weighted by atomic mass is 10.1. The first kappa shape index (κ1) is 10.5. The van der Waals surface area contributed by atoms with Crippen LogP contribution in [-0.4, -0.2) is 27.0 Å². The smallest absolute Gasteiger partial charge is 0.218 e. The molecule has 0 bridgehead atoms. The maximum absolute atomic E-state index is 6.07. The molecule has 1 fully saturated rings. The fourth-order valence-corrected chi connectivity index (χ4v) is 2.00. The molecular weight excluding hydrogens is 216 g/mol. The molecule has 90 valence electrons. The molecule has 5 heteroatoms. The van der Waals surface area contributed by atoms with Crippen molar-refractivity contribution in [2.75, 3.05) is 7.11 Å². The Hall–Kier alpha value is -1.62. The van der Waals surface area contributed by atoms with Crippen molar-refractivity contribution in [2.24, 2.45) is 5.73 Å². The number of nitrogens with two attached hydrogens (primary N) is 1. The van der Waals surface area contributed by atoms with Crippen molar-refractivity contribution in [3.63, 3.8) is 0 Å². The molecule has 0 radical (unpaired) electrons. The van der Waals surface area contributed by atoms with Crippen molar-refractivity contribution in [2.45, 2.75) is 31.2 Å². The number of rotatable bonds is 4. The largest absolute Gasteiger partial charge is 0.481 e. The van der Waals surface area contributed by atoms with Crippen LogP contribution in [0.1, 0.15) is 25.0 Å². The Morgan fingerprint density at radius 3 is 3.00 bits per heavy atom. The summed E-state index contributed by atoms with van der Waals surface area (Å²) in [5.41, 5.74) is 8.02. The minimum absolute atomic E-state index is 0.0815. The number of aromatic nitrogens is 3. The lowest BCUT2D eigenvalue weighted by Crippen LogP contribution is -2.22. The third-order valence-corrected chi connectivity index (χ3v) is 3.38. The Morgan fingerprint density at radius 2 is 2.29 bits per heavy atom. The van der Waals surface area contributed by atoms with Gasteiger partial charge in [-0.25, -0.2) is 4.98 Å². The van der Waals surface area contributed by atoms with Crippen LogP contribution >= 0.6 is 0 Å². The zero-order valence-electron chi connectivity index (χ0n) is 9.89. The van der Waals surface area contributed by atoms with Crippen molar-refractivity contribution in [1.29, 1.82) is 0 Å². The molecule has 0 aromatic carbocycles. The molecule has 2 aromatic heterocycles. The molecule has 0 unspecified atom stereocenters. The predicted molar refractivity (Wildman–Crippen MR) is 64.0 cm³/mol. The van der Waals surface area contributed by atoms with Crippen molar-refractivity contribution >= 4 is 5.65 Å². The van der Waals surface area contributed by atoms with E-state index in [0.29, 0.717) is 5.88 Å². The van der Waals surface area contributed by atoms with Crippen LogP contribution in [0.4, 0.5) is 0 Å². The molecule has 0 spiro atoms. The summed E-state index contributed by atoms with van der Waals surface area (Å²) >= 11 is 0. The summed E-state index contributed by atoms with van der Waals surface area (Å²) in [5, 5.41) is 0. The maximum atomic E-state index is 6.07. The number of aryl methyl sites for hydroxylation is 1. The van der Waals surface area contributed by atoms with Crippen LogP contribution in [0.2, 0.25) is 0 Å². The summed E-state index contributed by atoms with van der Waals surface area (Å²) in [5.74, 6) is 0.704. The zero-order valence-corrected chi connectivity index (χ0v) is 9.89. The van der Waals surface area contributed by atoms with E-state index in [4.69, 9.17) is 10.5 Å². The first-order valence-corrected chi connectivity index (χ1v) is 5.85. The molecule has 0 amide bonds. The van der Waals surface area contributed by atoms with Crippen molar-refractivity contribution in [3.8, 4) is 5.88 Å². The highest BCUT2D eigenvalue weighted by Crippen LogP contribution is 2.36. The standard InChI is InChI=1S/C12H16N4O/c1-17-11-7-14-6-10-15-9(8-16(10)11)2-3-12(13)4-5-12/h6-8H,2-5,13H2,1H3. The molecular formula is C12H16N4O. The van der Waals surface area contributed by atoms with Crippen LogP contribution < -0.4 is 10.5 Å². The molecule has 0 atom stereocenters. The zero-order chi connectivity index (χ0) is 11.9. The van der Waals surface area contributed by atoms with Gasteiger partial charge < -0.3 is 10.5 Å². The monoisotopic (exact) mass is 232 g/mol. The number of imidazole rings is 1. The molecule has 17 heavy (non-hydrogen) atoms. The third kappa shape index (κ3) is 1.98. The molecule has 3 rings (SSSR count). The quantitative estimate of drug-likeness (QED) is 0.859. The van der Waals surface area contributed by atoms with Crippen LogP contribution in [0.5, 0.6) is 5.88 Å². The van der Waals surface area contributed by atoms with Crippen LogP contribution in [0, 0.1) is 0 Å². The Kier molecular flexibility index (Phi) is 2.29. The van der Waals surface area contributed by atoms with E-state index in [0.717, 1.165) is 37.0 Å². The van der Waals surface area contributed by atoms with E-state index in [2.05, 4.69) is 9.97 Å². The number of hydrogen-bond donors (Lipinski definition) is 1. The van der Waals surface area contributed by atoms with Gasteiger partial charge in [0.25, 0.3) is 0 Å². The number of fused-ring (bicyclic) bond motifs is 1. The van der Waals surface area contributed by atoms with Gasteiger partial charge in [-0.3, -0.25) is 9.38 Å². The summed E-state index contributed by atoms with van der Waals surface area (Å²) in [6, 6.07) is 0. The first-order valence-electron chi connectivity index (χ1n) is 5.85. The van der Waals surface area contributed by atoms with Gasteiger partial charge >= 0.3 is 0 Å². The van der Waals surface area contributed by atoms with Crippen molar-refractivity contribution < 1.29 is 4.74 Å². The van der Waals surface area contributed by atoms with Gasteiger partial charge in [-0.1, -0.05) is 0 Å². The van der Waals surface area contributed by atoms with E-state index < -0.39 is 0 Å². The van der Waals surface area contributed by atoms with Crippen LogP contribution in [0.15, 0.2) is 18.6 Å². The number of nitrogens with zero attached hydrogens (tertiary/aromatic N) is 3. The minimum atomic E-state index is 0.0815. The Balaban J connectivity index is 1.85. The number of methoxy groups -OCH3 is 1. The summed E-state index contributed by atoms with van der Waals surface area (Å²) < 4.78 is 7.15. The maximum Gasteiger partial charge on any atom is 0.218 e. The SMILES string of the molecule is COc1cncc2nc(CCC3(N)CC3)cn12. The molecule has 5 nitrogen and oxygen atoms in total. The topological polar surface area (TPSA) is 65.4 Å². The molecule has 0 aliphatic heterocycles. The summed E-state index contributed by atoms with van der Waals surface area (Å²) in [6.07, 6.45) is 9.64. The van der Waals surface area contributed by atoms with E-state index >= 15 is 0 Å². The van der Waals surface area contributed by atoms with Gasteiger partial charge in [0.05, 0.1) is 25.2 Å². The van der Waals surface area contributed by atoms with Gasteiger partial charge in [0.15, 0.2) is 5.65 Å². The molecule has 1 saturated carbocycles. The minimum Gasteiger partial charge on any atom is -0.481 e. The second kappa shape index (κ2) is 3.70. The molecule has 0 saturated heterocycles. The molecule has 2 heterocycles. The van der Waals surface area contributed by atoms with Gasteiger partial charge in [-0.15, -0.1) is 0 Å². The molecule has 1 aliphatic rings. The predicted octanol–water partition coefficient (Wildman–Crippen LogP) is 1.16. The molecule has 1 aliphatic carbocycles. The Bertz CT molecular complexity index is 544. The van der Waals surface area contributed by atoms with Gasteiger partial charge in [0.2, 0.25) is 5.88 Å². The summed E-state index contributed by atoms with van der Waals surface area (Å²) in [7, 11) is 1.63. The highest BCUT2D eigenvalue weighted by atomic mass is 16.5.